The fraction of sp³-hybridized carbons (Fsp3) is 1.00. The van der Waals surface area contributed by atoms with E-state index in [9.17, 15) is 10.2 Å². The van der Waals surface area contributed by atoms with E-state index in [0.717, 1.165) is 37.5 Å². The summed E-state index contributed by atoms with van der Waals surface area (Å²) in [5.74, 6) is 3.12. The van der Waals surface area contributed by atoms with E-state index in [4.69, 9.17) is 4.74 Å². The molecule has 0 bridgehead atoms. The Balaban J connectivity index is 1.58. The number of epoxide rings is 1. The Morgan fingerprint density at radius 1 is 0.879 bits per heavy atom. The Morgan fingerprint density at radius 2 is 1.55 bits per heavy atom. The van der Waals surface area contributed by atoms with Crippen LogP contribution in [0.2, 0.25) is 0 Å². The highest BCUT2D eigenvalue weighted by Crippen LogP contribution is 2.77. The van der Waals surface area contributed by atoms with Gasteiger partial charge in [-0.15, -0.1) is 0 Å². The van der Waals surface area contributed by atoms with Gasteiger partial charge in [-0.3, -0.25) is 0 Å². The normalized spacial score (nSPS) is 47.9. The van der Waals surface area contributed by atoms with E-state index in [1.165, 1.54) is 38.5 Å². The molecule has 3 nitrogen and oxygen atoms in total. The van der Waals surface area contributed by atoms with Gasteiger partial charge in [0, 0.05) is 6.61 Å². The number of rotatable bonds is 8. The van der Waals surface area contributed by atoms with Crippen LogP contribution in [0.1, 0.15) is 120 Å². The number of aliphatic hydroxyl groups excluding tert-OH is 2. The van der Waals surface area contributed by atoms with Gasteiger partial charge in [-0.1, -0.05) is 41.5 Å². The highest BCUT2D eigenvalue weighted by molar-refractivity contribution is 5.24. The van der Waals surface area contributed by atoms with Gasteiger partial charge in [-0.2, -0.15) is 0 Å². The quantitative estimate of drug-likeness (QED) is 0.382. The van der Waals surface area contributed by atoms with Crippen LogP contribution in [0.5, 0.6) is 0 Å². The second-order valence-corrected chi connectivity index (χ2v) is 14.4. The van der Waals surface area contributed by atoms with Gasteiger partial charge in [-0.05, 0) is 124 Å². The summed E-state index contributed by atoms with van der Waals surface area (Å²) in [4.78, 5) is 0. The Bertz CT molecular complexity index is 717. The lowest BCUT2D eigenvalue weighted by atomic mass is 9.39. The van der Waals surface area contributed by atoms with E-state index < -0.39 is 0 Å². The molecule has 0 aromatic rings. The van der Waals surface area contributed by atoms with Crippen LogP contribution in [0.15, 0.2) is 0 Å². The van der Waals surface area contributed by atoms with E-state index in [0.29, 0.717) is 40.6 Å². The molecular weight excluding hydrogens is 408 g/mol. The van der Waals surface area contributed by atoms with Gasteiger partial charge in [0.25, 0.3) is 0 Å². The molecule has 4 rings (SSSR count). The molecule has 0 aromatic heterocycles. The molecule has 1 spiro atoms. The van der Waals surface area contributed by atoms with Crippen LogP contribution in [-0.2, 0) is 4.74 Å². The molecule has 33 heavy (non-hydrogen) atoms. The number of aliphatic hydroxyl groups is 2. The number of fused-ring (bicyclic) bond motifs is 3. The molecule has 0 amide bonds. The SMILES string of the molecule is CC(C)[C@@H](O)CC[C@H](C)[C@@H]1CC[C@]2(C)[C@H]3CC[C@]4(OC4(C)C)[C@@H](CCCO)[C@]3(C)CC[C@@]12C. The molecule has 9 atom stereocenters. The summed E-state index contributed by atoms with van der Waals surface area (Å²) in [7, 11) is 0. The van der Waals surface area contributed by atoms with Crippen molar-refractivity contribution in [1.82, 2.24) is 0 Å². The first-order valence-electron chi connectivity index (χ1n) is 14.3. The van der Waals surface area contributed by atoms with Crippen molar-refractivity contribution in [2.45, 2.75) is 137 Å². The van der Waals surface area contributed by atoms with Gasteiger partial charge >= 0.3 is 0 Å². The average molecular weight is 463 g/mol. The van der Waals surface area contributed by atoms with E-state index in [1.54, 1.807) is 0 Å². The third kappa shape index (κ3) is 3.69. The lowest BCUT2D eigenvalue weighted by molar-refractivity contribution is -0.172. The van der Waals surface area contributed by atoms with Crippen LogP contribution in [0, 0.1) is 45.8 Å². The maximum absolute atomic E-state index is 10.4. The summed E-state index contributed by atoms with van der Waals surface area (Å²) in [6.07, 6.45) is 11.8. The van der Waals surface area contributed by atoms with Gasteiger partial charge in [0.1, 0.15) is 5.60 Å². The summed E-state index contributed by atoms with van der Waals surface area (Å²) in [6, 6.07) is 0. The number of hydrogen-bond acceptors (Lipinski definition) is 3. The van der Waals surface area contributed by atoms with Crippen LogP contribution < -0.4 is 0 Å². The largest absolute Gasteiger partial charge is 0.396 e. The van der Waals surface area contributed by atoms with Gasteiger partial charge in [-0.25, -0.2) is 0 Å². The Kier molecular flexibility index (Phi) is 6.67. The van der Waals surface area contributed by atoms with Crippen LogP contribution in [0.3, 0.4) is 0 Å². The van der Waals surface area contributed by atoms with E-state index in [1.807, 2.05) is 0 Å². The summed E-state index contributed by atoms with van der Waals surface area (Å²) < 4.78 is 6.55. The smallest absolute Gasteiger partial charge is 0.101 e. The minimum atomic E-state index is -0.161. The molecule has 1 aliphatic heterocycles. The number of ether oxygens (including phenoxy) is 1. The molecule has 3 saturated carbocycles. The lowest BCUT2D eigenvalue weighted by Gasteiger charge is -2.65. The summed E-state index contributed by atoms with van der Waals surface area (Å²) in [5, 5.41) is 20.1. The molecule has 0 aromatic carbocycles. The van der Waals surface area contributed by atoms with E-state index in [2.05, 4.69) is 55.4 Å². The van der Waals surface area contributed by atoms with Crippen molar-refractivity contribution in [2.24, 2.45) is 45.8 Å². The van der Waals surface area contributed by atoms with Gasteiger partial charge in [0.15, 0.2) is 0 Å². The Morgan fingerprint density at radius 3 is 2.12 bits per heavy atom. The Hall–Kier alpha value is -0.120. The second kappa shape index (κ2) is 8.48. The minimum Gasteiger partial charge on any atom is -0.396 e. The fourth-order valence-electron chi connectivity index (χ4n) is 10.1. The third-order valence-corrected chi connectivity index (χ3v) is 12.4. The highest BCUT2D eigenvalue weighted by atomic mass is 16.6. The van der Waals surface area contributed by atoms with Crippen LogP contribution in [0.4, 0.5) is 0 Å². The molecule has 192 valence electrons. The zero-order chi connectivity index (χ0) is 24.4. The summed E-state index contributed by atoms with van der Waals surface area (Å²) in [6.45, 7) is 19.6. The third-order valence-electron chi connectivity index (χ3n) is 12.4. The second-order valence-electron chi connectivity index (χ2n) is 14.4. The van der Waals surface area contributed by atoms with Crippen molar-refractivity contribution < 1.29 is 14.9 Å². The maximum Gasteiger partial charge on any atom is 0.101 e. The number of hydrogen-bond donors (Lipinski definition) is 2. The lowest BCUT2D eigenvalue weighted by Crippen LogP contribution is -2.61. The average Bonchev–Trinajstić information content (AvgIpc) is 3.16. The molecular formula is C30H54O3. The predicted octanol–water partition coefficient (Wildman–Crippen LogP) is 6.99. The van der Waals surface area contributed by atoms with Crippen molar-refractivity contribution in [3.05, 3.63) is 0 Å². The Labute approximate surface area is 204 Å². The summed E-state index contributed by atoms with van der Waals surface area (Å²) >= 11 is 0. The zero-order valence-electron chi connectivity index (χ0n) is 23.0. The van der Waals surface area contributed by atoms with Gasteiger partial charge in [0.2, 0.25) is 0 Å². The zero-order valence-corrected chi connectivity index (χ0v) is 23.0. The van der Waals surface area contributed by atoms with Crippen molar-refractivity contribution >= 4 is 0 Å². The molecule has 4 aliphatic rings. The van der Waals surface area contributed by atoms with Crippen molar-refractivity contribution in [3.63, 3.8) is 0 Å². The standard InChI is InChI=1S/C30H54O3/c1-20(2)23(32)12-11-21(3)22-13-15-29(8)24-14-16-30(26(4,5)33-30)25(10-9-19-31)27(24,6)17-18-28(22,29)7/h20-25,31-32H,9-19H2,1-8H3/t21-,22-,23-,24-,25-,27+,28-,29+,30-/m0/s1. The molecule has 1 heterocycles. The first kappa shape index (κ1) is 26.0. The first-order valence-corrected chi connectivity index (χ1v) is 14.3. The van der Waals surface area contributed by atoms with Crippen LogP contribution in [-0.4, -0.2) is 34.1 Å². The van der Waals surface area contributed by atoms with Crippen molar-refractivity contribution in [1.29, 1.82) is 0 Å². The monoisotopic (exact) mass is 462 g/mol. The van der Waals surface area contributed by atoms with Crippen LogP contribution in [0.25, 0.3) is 0 Å². The van der Waals surface area contributed by atoms with E-state index in [-0.39, 0.29) is 17.3 Å². The summed E-state index contributed by atoms with van der Waals surface area (Å²) in [5.41, 5.74) is 1.11. The maximum atomic E-state index is 10.4. The molecule has 2 N–H and O–H groups in total. The van der Waals surface area contributed by atoms with Gasteiger partial charge < -0.3 is 14.9 Å². The highest BCUT2D eigenvalue weighted by Gasteiger charge is 2.76. The fourth-order valence-corrected chi connectivity index (χ4v) is 10.1. The first-order chi connectivity index (χ1) is 15.3. The van der Waals surface area contributed by atoms with Crippen molar-refractivity contribution in [3.8, 4) is 0 Å². The van der Waals surface area contributed by atoms with Gasteiger partial charge in [0.05, 0.1) is 11.7 Å². The minimum absolute atomic E-state index is 0.00721. The van der Waals surface area contributed by atoms with Crippen molar-refractivity contribution in [2.75, 3.05) is 6.61 Å². The molecule has 0 unspecified atom stereocenters. The topological polar surface area (TPSA) is 53.0 Å². The molecule has 3 aliphatic carbocycles. The molecule has 0 radical (unpaired) electrons. The molecule has 3 heteroatoms. The molecule has 4 fully saturated rings. The molecule has 1 saturated heterocycles. The predicted molar refractivity (Wildman–Crippen MR) is 136 cm³/mol. The van der Waals surface area contributed by atoms with Crippen LogP contribution >= 0.6 is 0 Å². The van der Waals surface area contributed by atoms with E-state index >= 15 is 0 Å².